The van der Waals surface area contributed by atoms with E-state index in [1.807, 2.05) is 49.4 Å². The molecule has 0 saturated heterocycles. The highest BCUT2D eigenvalue weighted by atomic mass is 79.9. The predicted molar refractivity (Wildman–Crippen MR) is 96.3 cm³/mol. The molecule has 1 N–H and O–H groups in total. The first-order chi connectivity index (χ1) is 11.6. The van der Waals surface area contributed by atoms with Gasteiger partial charge in [0.15, 0.2) is 6.61 Å². The first-order valence-electron chi connectivity index (χ1n) is 7.32. The number of hydrogen-bond donors (Lipinski definition) is 1. The molecule has 0 radical (unpaired) electrons. The summed E-state index contributed by atoms with van der Waals surface area (Å²) in [7, 11) is 0. The number of ether oxygens (including phenoxy) is 1. The van der Waals surface area contributed by atoms with Crippen LogP contribution in [0.1, 0.15) is 11.5 Å². The number of nitrogens with one attached hydrogen (secondary N) is 1. The molecule has 3 aromatic rings. The first kappa shape index (κ1) is 16.3. The molecule has 24 heavy (non-hydrogen) atoms. The van der Waals surface area contributed by atoms with Gasteiger partial charge in [-0.3, -0.25) is 4.79 Å². The highest BCUT2D eigenvalue weighted by Crippen LogP contribution is 2.32. The maximum Gasteiger partial charge on any atom is 0.277 e. The van der Waals surface area contributed by atoms with Crippen molar-refractivity contribution in [3.63, 3.8) is 0 Å². The van der Waals surface area contributed by atoms with Crippen molar-refractivity contribution in [2.75, 3.05) is 6.61 Å². The Balaban J connectivity index is 1.58. The lowest BCUT2D eigenvalue weighted by molar-refractivity contribution is -0.123. The molecule has 1 heterocycles. The Morgan fingerprint density at radius 3 is 2.88 bits per heavy atom. The minimum absolute atomic E-state index is 0.133. The summed E-state index contributed by atoms with van der Waals surface area (Å²) in [6.07, 6.45) is 1.44. The first-order valence-corrected chi connectivity index (χ1v) is 8.11. The van der Waals surface area contributed by atoms with Crippen LogP contribution in [0.3, 0.4) is 0 Å². The van der Waals surface area contributed by atoms with Crippen LogP contribution in [0.4, 0.5) is 0 Å². The second kappa shape index (κ2) is 7.31. The molecule has 0 bridgehead atoms. The average Bonchev–Trinajstić information content (AvgIpc) is 3.00. The van der Waals surface area contributed by atoms with E-state index in [2.05, 4.69) is 26.5 Å². The number of carbonyl (C=O) groups is 1. The molecule has 0 fully saturated rings. The van der Waals surface area contributed by atoms with Crippen LogP contribution in [0.15, 0.2) is 62.5 Å². The smallest absolute Gasteiger partial charge is 0.277 e. The number of aryl methyl sites for hydroxylation is 1. The van der Waals surface area contributed by atoms with Gasteiger partial charge in [0.25, 0.3) is 5.91 Å². The maximum atomic E-state index is 11.8. The Morgan fingerprint density at radius 2 is 2.08 bits per heavy atom. The zero-order valence-corrected chi connectivity index (χ0v) is 14.5. The van der Waals surface area contributed by atoms with Gasteiger partial charge in [0.1, 0.15) is 17.3 Å². The van der Waals surface area contributed by atoms with Crippen LogP contribution in [-0.4, -0.2) is 18.7 Å². The summed E-state index contributed by atoms with van der Waals surface area (Å²) in [5, 5.41) is 5.96. The number of halogens is 1. The molecule has 5 nitrogen and oxygen atoms in total. The zero-order valence-electron chi connectivity index (χ0n) is 13.0. The summed E-state index contributed by atoms with van der Waals surface area (Å²) in [5.74, 6) is 1.61. The minimum atomic E-state index is -0.352. The van der Waals surface area contributed by atoms with E-state index in [4.69, 9.17) is 9.15 Å². The molecule has 0 atom stereocenters. The van der Waals surface area contributed by atoms with Gasteiger partial charge in [-0.25, -0.2) is 5.43 Å². The number of amides is 1. The van der Waals surface area contributed by atoms with Crippen LogP contribution in [0.5, 0.6) is 5.75 Å². The molecule has 0 saturated carbocycles. The quantitative estimate of drug-likeness (QED) is 0.531. The van der Waals surface area contributed by atoms with Crippen molar-refractivity contribution in [2.24, 2.45) is 5.10 Å². The largest absolute Gasteiger partial charge is 0.483 e. The summed E-state index contributed by atoms with van der Waals surface area (Å²) in [6.45, 7) is 1.71. The van der Waals surface area contributed by atoms with Crippen molar-refractivity contribution in [2.45, 2.75) is 6.92 Å². The molecule has 0 aliphatic carbocycles. The Hall–Kier alpha value is -2.60. The fraction of sp³-hybridized carbons (Fsp3) is 0.111. The number of rotatable bonds is 5. The third-order valence-corrected chi connectivity index (χ3v) is 4.15. The van der Waals surface area contributed by atoms with Gasteiger partial charge in [0, 0.05) is 0 Å². The molecule has 0 aliphatic rings. The molecule has 2 aromatic carbocycles. The second-order valence-corrected chi connectivity index (χ2v) is 5.92. The number of fused-ring (bicyclic) bond motifs is 1. The van der Waals surface area contributed by atoms with Gasteiger partial charge in [-0.1, -0.05) is 30.3 Å². The standard InChI is InChI=1S/C18H15BrN2O3/c1-12-6-8-14(24-12)10-20-21-17(22)11-23-16-9-7-13-4-2-3-5-15(13)18(16)19/h2-10H,11H2,1H3,(H,21,22)/b20-10-. The van der Waals surface area contributed by atoms with Gasteiger partial charge >= 0.3 is 0 Å². The van der Waals surface area contributed by atoms with Crippen molar-refractivity contribution in [3.05, 3.63) is 64.5 Å². The van der Waals surface area contributed by atoms with Crippen LogP contribution in [0.2, 0.25) is 0 Å². The van der Waals surface area contributed by atoms with E-state index in [9.17, 15) is 4.79 Å². The predicted octanol–water partition coefficient (Wildman–Crippen LogP) is 4.03. The highest BCUT2D eigenvalue weighted by Gasteiger charge is 2.08. The van der Waals surface area contributed by atoms with Gasteiger partial charge < -0.3 is 9.15 Å². The molecule has 122 valence electrons. The van der Waals surface area contributed by atoms with E-state index in [-0.39, 0.29) is 12.5 Å². The summed E-state index contributed by atoms with van der Waals surface area (Å²) < 4.78 is 11.7. The summed E-state index contributed by atoms with van der Waals surface area (Å²) in [4.78, 5) is 11.8. The van der Waals surface area contributed by atoms with Crippen LogP contribution >= 0.6 is 15.9 Å². The SMILES string of the molecule is Cc1ccc(/C=N\NC(=O)COc2ccc3ccccc3c2Br)o1. The van der Waals surface area contributed by atoms with E-state index in [0.29, 0.717) is 11.5 Å². The maximum absolute atomic E-state index is 11.8. The molecule has 0 unspecified atom stereocenters. The molecule has 0 spiro atoms. The highest BCUT2D eigenvalue weighted by molar-refractivity contribution is 9.10. The van der Waals surface area contributed by atoms with Gasteiger partial charge in [-0.2, -0.15) is 5.10 Å². The molecule has 0 aliphatic heterocycles. The number of furan rings is 1. The second-order valence-electron chi connectivity index (χ2n) is 5.13. The molecule has 3 rings (SSSR count). The fourth-order valence-electron chi connectivity index (χ4n) is 2.19. The number of carbonyl (C=O) groups excluding carboxylic acids is 1. The zero-order chi connectivity index (χ0) is 16.9. The van der Waals surface area contributed by atoms with Gasteiger partial charge in [-0.15, -0.1) is 0 Å². The van der Waals surface area contributed by atoms with Crippen LogP contribution in [0.25, 0.3) is 10.8 Å². The average molecular weight is 387 g/mol. The molecule has 1 amide bonds. The van der Waals surface area contributed by atoms with Crippen molar-refractivity contribution in [1.82, 2.24) is 5.43 Å². The Bertz CT molecular complexity index is 902. The monoisotopic (exact) mass is 386 g/mol. The van der Waals surface area contributed by atoms with Crippen molar-refractivity contribution in [1.29, 1.82) is 0 Å². The topological polar surface area (TPSA) is 63.8 Å². The number of nitrogens with zero attached hydrogens (tertiary/aromatic N) is 1. The molecule has 6 heteroatoms. The van der Waals surface area contributed by atoms with E-state index in [0.717, 1.165) is 21.0 Å². The summed E-state index contributed by atoms with van der Waals surface area (Å²) >= 11 is 3.52. The fourth-order valence-corrected chi connectivity index (χ4v) is 2.80. The Kier molecular flexibility index (Phi) is 4.96. The summed E-state index contributed by atoms with van der Waals surface area (Å²) in [6, 6.07) is 15.3. The number of hydrogen-bond acceptors (Lipinski definition) is 4. The lowest BCUT2D eigenvalue weighted by Crippen LogP contribution is -2.24. The lowest BCUT2D eigenvalue weighted by atomic mass is 10.1. The molecule has 1 aromatic heterocycles. The van der Waals surface area contributed by atoms with Gasteiger partial charge in [-0.05, 0) is 51.8 Å². The number of hydrazone groups is 1. The van der Waals surface area contributed by atoms with E-state index >= 15 is 0 Å². The van der Waals surface area contributed by atoms with Gasteiger partial charge in [0.2, 0.25) is 0 Å². The molecular weight excluding hydrogens is 372 g/mol. The van der Waals surface area contributed by atoms with Crippen LogP contribution < -0.4 is 10.2 Å². The van der Waals surface area contributed by atoms with Crippen molar-refractivity contribution >= 4 is 38.8 Å². The minimum Gasteiger partial charge on any atom is -0.483 e. The lowest BCUT2D eigenvalue weighted by Gasteiger charge is -2.09. The summed E-state index contributed by atoms with van der Waals surface area (Å²) in [5.41, 5.74) is 2.40. The van der Waals surface area contributed by atoms with E-state index in [1.54, 1.807) is 6.07 Å². The van der Waals surface area contributed by atoms with Crippen LogP contribution in [-0.2, 0) is 4.79 Å². The van der Waals surface area contributed by atoms with Crippen molar-refractivity contribution in [3.8, 4) is 5.75 Å². The van der Waals surface area contributed by atoms with E-state index in [1.165, 1.54) is 6.21 Å². The van der Waals surface area contributed by atoms with Crippen LogP contribution in [0, 0.1) is 6.92 Å². The number of benzene rings is 2. The Labute approximate surface area is 147 Å². The Morgan fingerprint density at radius 1 is 1.25 bits per heavy atom. The van der Waals surface area contributed by atoms with Crippen molar-refractivity contribution < 1.29 is 13.9 Å². The normalized spacial score (nSPS) is 11.1. The third kappa shape index (κ3) is 3.83. The third-order valence-electron chi connectivity index (χ3n) is 3.33. The van der Waals surface area contributed by atoms with Gasteiger partial charge in [0.05, 0.1) is 10.7 Å². The molecular formula is C18H15BrN2O3. The van der Waals surface area contributed by atoms with E-state index < -0.39 is 0 Å².